The first-order valence-corrected chi connectivity index (χ1v) is 6.89. The fourth-order valence-corrected chi connectivity index (χ4v) is 2.56. The van der Waals surface area contributed by atoms with Crippen LogP contribution in [0.4, 0.5) is 21.7 Å². The molecule has 2 aromatic rings. The minimum absolute atomic E-state index is 0.119. The van der Waals surface area contributed by atoms with Crippen LogP contribution in [0.5, 0.6) is 0 Å². The Labute approximate surface area is 135 Å². The van der Waals surface area contributed by atoms with E-state index in [1.807, 2.05) is 0 Å². The SMILES string of the molecule is CNc1nc(Nc2c(Cl)cc(F)cc2Cl)c(Cl)cc1Cl. The number of rotatable bonds is 3. The third-order valence-electron chi connectivity index (χ3n) is 2.42. The quantitative estimate of drug-likeness (QED) is 0.751. The zero-order valence-corrected chi connectivity index (χ0v) is 13.1. The topological polar surface area (TPSA) is 37.0 Å². The fraction of sp³-hybridized carbons (Fsp3) is 0.0833. The first kappa shape index (κ1) is 15.4. The predicted octanol–water partition coefficient (Wildman–Crippen LogP) is 5.62. The van der Waals surface area contributed by atoms with E-state index in [1.54, 1.807) is 7.05 Å². The van der Waals surface area contributed by atoms with E-state index in [4.69, 9.17) is 46.4 Å². The summed E-state index contributed by atoms with van der Waals surface area (Å²) in [6.07, 6.45) is 0. The van der Waals surface area contributed by atoms with Gasteiger partial charge in [0.1, 0.15) is 11.6 Å². The monoisotopic (exact) mass is 353 g/mol. The first-order valence-electron chi connectivity index (χ1n) is 5.37. The maximum Gasteiger partial charge on any atom is 0.151 e. The van der Waals surface area contributed by atoms with Crippen molar-refractivity contribution in [1.82, 2.24) is 4.98 Å². The van der Waals surface area contributed by atoms with Gasteiger partial charge in [-0.15, -0.1) is 0 Å². The third kappa shape index (κ3) is 3.20. The number of anilines is 3. The molecule has 0 radical (unpaired) electrons. The molecule has 0 unspecified atom stereocenters. The first-order chi connectivity index (χ1) is 9.42. The van der Waals surface area contributed by atoms with Crippen LogP contribution < -0.4 is 10.6 Å². The van der Waals surface area contributed by atoms with Crippen LogP contribution in [0.25, 0.3) is 0 Å². The molecule has 0 aliphatic carbocycles. The fourth-order valence-electron chi connectivity index (χ4n) is 1.51. The molecule has 1 aromatic heterocycles. The number of nitrogens with one attached hydrogen (secondary N) is 2. The minimum atomic E-state index is -0.531. The van der Waals surface area contributed by atoms with E-state index in [0.29, 0.717) is 22.3 Å². The summed E-state index contributed by atoms with van der Waals surface area (Å²) in [6, 6.07) is 3.80. The smallest absolute Gasteiger partial charge is 0.151 e. The molecule has 0 aliphatic heterocycles. The summed E-state index contributed by atoms with van der Waals surface area (Å²) < 4.78 is 13.1. The van der Waals surface area contributed by atoms with Gasteiger partial charge in [-0.1, -0.05) is 46.4 Å². The molecule has 106 valence electrons. The van der Waals surface area contributed by atoms with Crippen LogP contribution in [-0.4, -0.2) is 12.0 Å². The summed E-state index contributed by atoms with van der Waals surface area (Å²) in [4.78, 5) is 4.19. The molecule has 0 atom stereocenters. The molecule has 0 amide bonds. The lowest BCUT2D eigenvalue weighted by Crippen LogP contribution is -2.01. The Balaban J connectivity index is 2.45. The second kappa shape index (κ2) is 6.22. The highest BCUT2D eigenvalue weighted by molar-refractivity contribution is 6.40. The number of aromatic nitrogens is 1. The molecular formula is C12H8Cl4FN3. The van der Waals surface area contributed by atoms with Crippen molar-refractivity contribution < 1.29 is 4.39 Å². The van der Waals surface area contributed by atoms with Crippen LogP contribution in [-0.2, 0) is 0 Å². The summed E-state index contributed by atoms with van der Waals surface area (Å²) in [6.45, 7) is 0. The highest BCUT2D eigenvalue weighted by Crippen LogP contribution is 2.36. The van der Waals surface area contributed by atoms with Crippen LogP contribution in [0.1, 0.15) is 0 Å². The molecular weight excluding hydrogens is 347 g/mol. The van der Waals surface area contributed by atoms with Gasteiger partial charge in [0.25, 0.3) is 0 Å². The van der Waals surface area contributed by atoms with Crippen molar-refractivity contribution in [1.29, 1.82) is 0 Å². The molecule has 0 spiro atoms. The van der Waals surface area contributed by atoms with Crippen molar-refractivity contribution in [2.45, 2.75) is 0 Å². The van der Waals surface area contributed by atoms with Gasteiger partial charge in [0, 0.05) is 7.05 Å². The Morgan fingerprint density at radius 3 is 2.00 bits per heavy atom. The molecule has 0 fully saturated rings. The van der Waals surface area contributed by atoms with Crippen LogP contribution in [0.2, 0.25) is 20.1 Å². The molecule has 8 heteroatoms. The zero-order valence-electron chi connectivity index (χ0n) is 10.1. The number of hydrogen-bond acceptors (Lipinski definition) is 3. The Morgan fingerprint density at radius 2 is 1.45 bits per heavy atom. The van der Waals surface area contributed by atoms with E-state index in [-0.39, 0.29) is 15.1 Å². The van der Waals surface area contributed by atoms with Gasteiger partial charge in [-0.3, -0.25) is 0 Å². The third-order valence-corrected chi connectivity index (χ3v) is 3.59. The van der Waals surface area contributed by atoms with Gasteiger partial charge in [0.05, 0.1) is 25.8 Å². The van der Waals surface area contributed by atoms with Gasteiger partial charge < -0.3 is 10.6 Å². The van der Waals surface area contributed by atoms with Gasteiger partial charge in [-0.05, 0) is 18.2 Å². The predicted molar refractivity (Wildman–Crippen MR) is 83.5 cm³/mol. The second-order valence-electron chi connectivity index (χ2n) is 3.77. The van der Waals surface area contributed by atoms with Crippen molar-refractivity contribution in [3.63, 3.8) is 0 Å². The normalized spacial score (nSPS) is 10.5. The highest BCUT2D eigenvalue weighted by atomic mass is 35.5. The van der Waals surface area contributed by atoms with Crippen molar-refractivity contribution in [3.8, 4) is 0 Å². The molecule has 0 bridgehead atoms. The van der Waals surface area contributed by atoms with E-state index < -0.39 is 5.82 Å². The van der Waals surface area contributed by atoms with E-state index in [9.17, 15) is 4.39 Å². The molecule has 1 heterocycles. The van der Waals surface area contributed by atoms with Gasteiger partial charge in [0.2, 0.25) is 0 Å². The van der Waals surface area contributed by atoms with E-state index in [0.717, 1.165) is 12.1 Å². The molecule has 3 nitrogen and oxygen atoms in total. The number of pyridine rings is 1. The molecule has 0 aliphatic rings. The Kier molecular flexibility index (Phi) is 4.81. The summed E-state index contributed by atoms with van der Waals surface area (Å²) in [7, 11) is 1.67. The average molecular weight is 355 g/mol. The lowest BCUT2D eigenvalue weighted by Gasteiger charge is -2.13. The lowest BCUT2D eigenvalue weighted by atomic mass is 10.3. The summed E-state index contributed by atoms with van der Waals surface area (Å²) >= 11 is 23.9. The number of hydrogen-bond donors (Lipinski definition) is 2. The molecule has 20 heavy (non-hydrogen) atoms. The van der Waals surface area contributed by atoms with E-state index >= 15 is 0 Å². The van der Waals surface area contributed by atoms with Crippen LogP contribution in [0.15, 0.2) is 18.2 Å². The minimum Gasteiger partial charge on any atom is -0.372 e. The van der Waals surface area contributed by atoms with Gasteiger partial charge >= 0.3 is 0 Å². The van der Waals surface area contributed by atoms with Crippen molar-refractivity contribution in [3.05, 3.63) is 44.1 Å². The van der Waals surface area contributed by atoms with Gasteiger partial charge in [0.15, 0.2) is 5.82 Å². The standard InChI is InChI=1S/C12H8Cl4FN3/c1-18-11-8(15)4-9(16)12(20-11)19-10-6(13)2-5(17)3-7(10)14/h2-4H,1H3,(H2,18,19,20). The summed E-state index contributed by atoms with van der Waals surface area (Å²) in [5.41, 5.74) is 0.313. The molecule has 2 rings (SSSR count). The van der Waals surface area contributed by atoms with Crippen LogP contribution in [0.3, 0.4) is 0 Å². The largest absolute Gasteiger partial charge is 0.372 e. The van der Waals surface area contributed by atoms with Gasteiger partial charge in [-0.25, -0.2) is 9.37 Å². The zero-order chi connectivity index (χ0) is 14.9. The number of halogens is 5. The number of benzene rings is 1. The van der Waals surface area contributed by atoms with Gasteiger partial charge in [-0.2, -0.15) is 0 Å². The Morgan fingerprint density at radius 1 is 0.900 bits per heavy atom. The maximum atomic E-state index is 13.1. The van der Waals surface area contributed by atoms with E-state index in [1.165, 1.54) is 6.07 Å². The van der Waals surface area contributed by atoms with E-state index in [2.05, 4.69) is 15.6 Å². The van der Waals surface area contributed by atoms with Crippen molar-refractivity contribution in [2.75, 3.05) is 17.7 Å². The van der Waals surface area contributed by atoms with Crippen LogP contribution >= 0.6 is 46.4 Å². The Bertz CT molecular complexity index is 640. The lowest BCUT2D eigenvalue weighted by molar-refractivity contribution is 0.628. The van der Waals surface area contributed by atoms with Crippen molar-refractivity contribution in [2.24, 2.45) is 0 Å². The molecule has 0 saturated carbocycles. The van der Waals surface area contributed by atoms with Crippen molar-refractivity contribution >= 4 is 63.7 Å². The Hall–Kier alpha value is -0.940. The summed E-state index contributed by atoms with van der Waals surface area (Å²) in [5.74, 6) is 0.209. The number of nitrogens with zero attached hydrogens (tertiary/aromatic N) is 1. The maximum absolute atomic E-state index is 13.1. The second-order valence-corrected chi connectivity index (χ2v) is 5.40. The average Bonchev–Trinajstić information content (AvgIpc) is 2.35. The van der Waals surface area contributed by atoms with Crippen LogP contribution in [0, 0.1) is 5.82 Å². The molecule has 1 aromatic carbocycles. The molecule has 2 N–H and O–H groups in total. The summed E-state index contributed by atoms with van der Waals surface area (Å²) in [5, 5.41) is 6.58. The molecule has 0 saturated heterocycles. The highest BCUT2D eigenvalue weighted by Gasteiger charge is 2.13.